The Morgan fingerprint density at radius 2 is 1.14 bits per heavy atom. The molecule has 6 amide bonds. The quantitative estimate of drug-likeness (QED) is 0.0957. The van der Waals surface area contributed by atoms with Crippen LogP contribution in [0.15, 0.2) is 48.5 Å². The van der Waals surface area contributed by atoms with Crippen LogP contribution in [0, 0.1) is 11.8 Å². The summed E-state index contributed by atoms with van der Waals surface area (Å²) in [5.41, 5.74) is 3.19. The fourth-order valence-corrected chi connectivity index (χ4v) is 6.46. The lowest BCUT2D eigenvalue weighted by atomic mass is 9.98. The van der Waals surface area contributed by atoms with Crippen LogP contribution in [-0.2, 0) is 43.0 Å². The highest BCUT2D eigenvalue weighted by molar-refractivity contribution is 5.97. The molecule has 0 unspecified atom stereocenters. The highest BCUT2D eigenvalue weighted by atomic mass is 16.6. The van der Waals surface area contributed by atoms with Gasteiger partial charge in [0, 0.05) is 5.92 Å². The maximum absolute atomic E-state index is 13.9. The zero-order valence-electron chi connectivity index (χ0n) is 34.9. The molecule has 4 atom stereocenters. The van der Waals surface area contributed by atoms with E-state index in [1.165, 1.54) is 6.92 Å². The second-order valence-corrected chi connectivity index (χ2v) is 16.3. The van der Waals surface area contributed by atoms with Crippen molar-refractivity contribution in [2.45, 2.75) is 110 Å². The number of hydrogen-bond acceptors (Lipinski definition) is 10. The summed E-state index contributed by atoms with van der Waals surface area (Å²) in [6.45, 7) is 12.3. The van der Waals surface area contributed by atoms with E-state index in [4.69, 9.17) is 14.6 Å². The number of nitrogens with one attached hydrogen (secondary N) is 6. The van der Waals surface area contributed by atoms with Crippen LogP contribution < -0.4 is 31.9 Å². The molecule has 1 aliphatic carbocycles. The van der Waals surface area contributed by atoms with E-state index in [-0.39, 0.29) is 37.2 Å². The molecular weight excluding hydrogens is 764 g/mol. The van der Waals surface area contributed by atoms with Gasteiger partial charge in [-0.25, -0.2) is 4.79 Å². The first-order valence-corrected chi connectivity index (χ1v) is 19.7. The number of carboxylic acids is 1. The number of benzene rings is 2. The van der Waals surface area contributed by atoms with Gasteiger partial charge >= 0.3 is 18.0 Å². The fraction of sp³-hybridized carbons (Fsp3) is 0.524. The second-order valence-electron chi connectivity index (χ2n) is 16.3. The number of carbonyl (C=O) groups excluding carboxylic acids is 7. The van der Waals surface area contributed by atoms with Gasteiger partial charge in [-0.15, -0.1) is 0 Å². The lowest BCUT2D eigenvalue weighted by Crippen LogP contribution is -2.58. The van der Waals surface area contributed by atoms with Gasteiger partial charge in [-0.3, -0.25) is 33.6 Å². The van der Waals surface area contributed by atoms with Crippen molar-refractivity contribution in [3.8, 4) is 11.1 Å². The summed E-state index contributed by atoms with van der Waals surface area (Å²) in [7, 11) is 0. The van der Waals surface area contributed by atoms with E-state index in [9.17, 15) is 38.4 Å². The molecule has 0 saturated carbocycles. The Labute approximate surface area is 344 Å². The molecule has 0 fully saturated rings. The first-order valence-electron chi connectivity index (χ1n) is 19.7. The molecule has 0 aliphatic heterocycles. The summed E-state index contributed by atoms with van der Waals surface area (Å²) in [6.07, 6.45) is -1.22. The molecule has 17 nitrogen and oxygen atoms in total. The summed E-state index contributed by atoms with van der Waals surface area (Å²) >= 11 is 0. The first-order chi connectivity index (χ1) is 27.6. The minimum Gasteiger partial charge on any atom is -0.480 e. The topological polar surface area (TPSA) is 247 Å². The maximum Gasteiger partial charge on any atom is 0.407 e. The molecule has 59 heavy (non-hydrogen) atoms. The predicted molar refractivity (Wildman–Crippen MR) is 216 cm³/mol. The number of carboxylic acid groups (broad SMARTS) is 1. The molecule has 1 aliphatic rings. The largest absolute Gasteiger partial charge is 0.480 e. The van der Waals surface area contributed by atoms with E-state index < -0.39 is 96.8 Å². The van der Waals surface area contributed by atoms with Crippen LogP contribution in [0.3, 0.4) is 0 Å². The molecule has 2 aromatic rings. The van der Waals surface area contributed by atoms with Crippen molar-refractivity contribution in [2.75, 3.05) is 19.7 Å². The standard InChI is InChI=1S/C42H58N6O11/c1-23(2)17-31(38(54)43-20-34(49)45-25(5)37(53)44-21-35(50)51)46-40(56)33(19-36(52)59-42(6,7)8)47-39(55)32(18-24(3)4)48-41(57)58-22-30-28-15-11-9-13-26(28)27-14-10-12-16-29(27)30/h9-16,23-25,30-33H,17-22H2,1-8H3,(H,43,54)(H,44,53)(H,45,49)(H,46,56)(H,47,55)(H,48,57)(H,50,51)/t25-,31-,32-,33-/m0/s1. The zero-order chi connectivity index (χ0) is 44.0. The van der Waals surface area contributed by atoms with Crippen molar-refractivity contribution in [3.05, 3.63) is 59.7 Å². The Morgan fingerprint density at radius 1 is 0.644 bits per heavy atom. The molecule has 0 bridgehead atoms. The molecule has 0 saturated heterocycles. The number of esters is 1. The Morgan fingerprint density at radius 3 is 1.66 bits per heavy atom. The molecule has 3 rings (SSSR count). The van der Waals surface area contributed by atoms with Gasteiger partial charge in [-0.2, -0.15) is 0 Å². The lowest BCUT2D eigenvalue weighted by Gasteiger charge is -2.27. The minimum atomic E-state index is -1.55. The molecule has 2 aromatic carbocycles. The summed E-state index contributed by atoms with van der Waals surface area (Å²) in [5, 5.41) is 23.4. The van der Waals surface area contributed by atoms with Crippen molar-refractivity contribution in [3.63, 3.8) is 0 Å². The third-order valence-electron chi connectivity index (χ3n) is 9.03. The van der Waals surface area contributed by atoms with Gasteiger partial charge in [-0.1, -0.05) is 76.2 Å². The molecule has 0 radical (unpaired) electrons. The molecule has 17 heteroatoms. The number of alkyl carbamates (subject to hydrolysis) is 1. The molecular formula is C42H58N6O11. The highest BCUT2D eigenvalue weighted by Gasteiger charge is 2.34. The van der Waals surface area contributed by atoms with Crippen LogP contribution in [0.25, 0.3) is 11.1 Å². The van der Waals surface area contributed by atoms with E-state index in [0.29, 0.717) is 0 Å². The van der Waals surface area contributed by atoms with Gasteiger partial charge in [0.15, 0.2) is 0 Å². The van der Waals surface area contributed by atoms with Crippen molar-refractivity contribution in [1.82, 2.24) is 31.9 Å². The number of rotatable bonds is 20. The Bertz CT molecular complexity index is 1810. The van der Waals surface area contributed by atoms with Crippen molar-refractivity contribution in [1.29, 1.82) is 0 Å². The van der Waals surface area contributed by atoms with E-state index >= 15 is 0 Å². The number of amides is 6. The van der Waals surface area contributed by atoms with E-state index in [1.807, 2.05) is 62.4 Å². The molecule has 0 spiro atoms. The Kier molecular flexibility index (Phi) is 17.4. The van der Waals surface area contributed by atoms with E-state index in [1.54, 1.807) is 34.6 Å². The molecule has 0 heterocycles. The number of carbonyl (C=O) groups is 8. The van der Waals surface area contributed by atoms with E-state index in [0.717, 1.165) is 22.3 Å². The first kappa shape index (κ1) is 47.4. The van der Waals surface area contributed by atoms with Crippen LogP contribution in [0.2, 0.25) is 0 Å². The average Bonchev–Trinajstić information content (AvgIpc) is 3.46. The third kappa shape index (κ3) is 15.4. The SMILES string of the molecule is CC(C)C[C@H](NC(=O)OCC1c2ccccc2-c2ccccc21)C(=O)N[C@@H](CC(=O)OC(C)(C)C)C(=O)N[C@@H](CC(C)C)C(=O)NCC(=O)N[C@@H](C)C(=O)NCC(=O)O. The molecule has 0 aromatic heterocycles. The van der Waals surface area contributed by atoms with Crippen LogP contribution in [0.5, 0.6) is 0 Å². The van der Waals surface area contributed by atoms with Gasteiger partial charge in [0.2, 0.25) is 29.5 Å². The van der Waals surface area contributed by atoms with Gasteiger partial charge in [0.1, 0.15) is 42.9 Å². The molecule has 322 valence electrons. The van der Waals surface area contributed by atoms with Crippen molar-refractivity contribution in [2.24, 2.45) is 11.8 Å². The maximum atomic E-state index is 13.9. The summed E-state index contributed by atoms with van der Waals surface area (Å²) in [5.74, 6) is -6.51. The zero-order valence-corrected chi connectivity index (χ0v) is 34.9. The Hall–Kier alpha value is -6.00. The smallest absolute Gasteiger partial charge is 0.407 e. The average molecular weight is 823 g/mol. The monoisotopic (exact) mass is 822 g/mol. The van der Waals surface area contributed by atoms with Gasteiger partial charge in [0.05, 0.1) is 13.0 Å². The normalized spacial score (nSPS) is 14.1. The molecule has 7 N–H and O–H groups in total. The van der Waals surface area contributed by atoms with Crippen molar-refractivity contribution < 1.29 is 52.9 Å². The second kappa shape index (κ2) is 21.7. The highest BCUT2D eigenvalue weighted by Crippen LogP contribution is 2.44. The van der Waals surface area contributed by atoms with Crippen LogP contribution in [0.1, 0.15) is 91.7 Å². The minimum absolute atomic E-state index is 0.00165. The van der Waals surface area contributed by atoms with Crippen LogP contribution in [0.4, 0.5) is 4.79 Å². The van der Waals surface area contributed by atoms with Gasteiger partial charge in [-0.05, 0) is 74.6 Å². The number of aliphatic carboxylic acids is 1. The Balaban J connectivity index is 1.73. The number of ether oxygens (including phenoxy) is 2. The fourth-order valence-electron chi connectivity index (χ4n) is 6.46. The predicted octanol–water partition coefficient (Wildman–Crippen LogP) is 2.51. The summed E-state index contributed by atoms with van der Waals surface area (Å²) in [6, 6.07) is 10.6. The van der Waals surface area contributed by atoms with Gasteiger partial charge in [0.25, 0.3) is 0 Å². The van der Waals surface area contributed by atoms with Crippen LogP contribution >= 0.6 is 0 Å². The lowest BCUT2D eigenvalue weighted by molar-refractivity contribution is -0.156. The number of fused-ring (bicyclic) bond motifs is 3. The summed E-state index contributed by atoms with van der Waals surface area (Å²) in [4.78, 5) is 103. The van der Waals surface area contributed by atoms with Gasteiger partial charge < -0.3 is 46.5 Å². The summed E-state index contributed by atoms with van der Waals surface area (Å²) < 4.78 is 11.1. The number of hydrogen-bond donors (Lipinski definition) is 7. The van der Waals surface area contributed by atoms with Crippen LogP contribution in [-0.4, -0.2) is 102 Å². The van der Waals surface area contributed by atoms with Crippen molar-refractivity contribution >= 4 is 47.6 Å². The van der Waals surface area contributed by atoms with E-state index in [2.05, 4.69) is 31.9 Å². The third-order valence-corrected chi connectivity index (χ3v) is 9.03.